The highest BCUT2D eigenvalue weighted by Gasteiger charge is 2.33. The standard InChI is InChI=1S/C19H20N4O2/c20-9-14-4-3-5-15(8-14)19(25)22-18-12-23(10-16(18)13-24)11-17-6-1-2-7-21-17/h1-8,16,18,24H,10-13H2,(H,22,25)/t16-,18+/m0/s1. The van der Waals surface area contributed by atoms with Crippen LogP contribution in [0, 0.1) is 17.2 Å². The Hall–Kier alpha value is -2.75. The van der Waals surface area contributed by atoms with E-state index in [1.807, 2.05) is 24.3 Å². The number of rotatable bonds is 5. The van der Waals surface area contributed by atoms with Gasteiger partial charge in [0.05, 0.1) is 17.3 Å². The van der Waals surface area contributed by atoms with Gasteiger partial charge >= 0.3 is 0 Å². The summed E-state index contributed by atoms with van der Waals surface area (Å²) in [5.41, 5.74) is 1.88. The van der Waals surface area contributed by atoms with E-state index in [0.29, 0.717) is 30.8 Å². The van der Waals surface area contributed by atoms with Crippen LogP contribution in [0.4, 0.5) is 0 Å². The van der Waals surface area contributed by atoms with Crippen LogP contribution in [-0.2, 0) is 6.54 Å². The summed E-state index contributed by atoms with van der Waals surface area (Å²) in [5, 5.41) is 21.6. The second-order valence-electron chi connectivity index (χ2n) is 6.23. The van der Waals surface area contributed by atoms with E-state index >= 15 is 0 Å². The molecule has 6 heteroatoms. The van der Waals surface area contributed by atoms with Crippen molar-refractivity contribution in [2.75, 3.05) is 19.7 Å². The maximum atomic E-state index is 12.5. The Balaban J connectivity index is 1.64. The van der Waals surface area contributed by atoms with Gasteiger partial charge in [0.2, 0.25) is 0 Å². The van der Waals surface area contributed by atoms with Gasteiger partial charge in [-0.3, -0.25) is 14.7 Å². The Labute approximate surface area is 146 Å². The van der Waals surface area contributed by atoms with E-state index in [1.54, 1.807) is 30.5 Å². The van der Waals surface area contributed by atoms with E-state index in [9.17, 15) is 9.90 Å². The maximum absolute atomic E-state index is 12.5. The molecule has 1 aromatic heterocycles. The molecule has 2 aromatic rings. The van der Waals surface area contributed by atoms with Gasteiger partial charge in [-0.15, -0.1) is 0 Å². The number of aromatic nitrogens is 1. The summed E-state index contributed by atoms with van der Waals surface area (Å²) in [4.78, 5) is 19.0. The molecular formula is C19H20N4O2. The normalized spacial score (nSPS) is 20.2. The van der Waals surface area contributed by atoms with Crippen molar-refractivity contribution in [3.05, 3.63) is 65.5 Å². The SMILES string of the molecule is N#Cc1cccc(C(=O)N[C@@H]2CN(Cc3ccccn3)C[C@H]2CO)c1. The number of carbonyl (C=O) groups excluding carboxylic acids is 1. The molecule has 1 aliphatic heterocycles. The van der Waals surface area contributed by atoms with Crippen LogP contribution in [0.2, 0.25) is 0 Å². The number of aliphatic hydroxyl groups is 1. The molecular weight excluding hydrogens is 316 g/mol. The summed E-state index contributed by atoms with van der Waals surface area (Å²) >= 11 is 0. The Kier molecular flexibility index (Phi) is 5.39. The van der Waals surface area contributed by atoms with E-state index in [0.717, 1.165) is 5.69 Å². The minimum absolute atomic E-state index is 0.0158. The maximum Gasteiger partial charge on any atom is 0.251 e. The fourth-order valence-corrected chi connectivity index (χ4v) is 3.14. The molecule has 0 saturated carbocycles. The van der Waals surface area contributed by atoms with Gasteiger partial charge in [0.15, 0.2) is 0 Å². The Bertz CT molecular complexity index is 772. The molecule has 2 heterocycles. The summed E-state index contributed by atoms with van der Waals surface area (Å²) in [6, 6.07) is 14.3. The fraction of sp³-hybridized carbons (Fsp3) is 0.316. The molecule has 1 saturated heterocycles. The second kappa shape index (κ2) is 7.88. The molecule has 0 radical (unpaired) electrons. The highest BCUT2D eigenvalue weighted by molar-refractivity contribution is 5.94. The number of pyridine rings is 1. The van der Waals surface area contributed by atoms with E-state index in [4.69, 9.17) is 5.26 Å². The molecule has 0 aliphatic carbocycles. The van der Waals surface area contributed by atoms with Gasteiger partial charge in [-0.05, 0) is 30.3 Å². The van der Waals surface area contributed by atoms with E-state index in [2.05, 4.69) is 15.2 Å². The highest BCUT2D eigenvalue weighted by Crippen LogP contribution is 2.19. The van der Waals surface area contributed by atoms with Crippen LogP contribution in [0.3, 0.4) is 0 Å². The van der Waals surface area contributed by atoms with Crippen molar-refractivity contribution in [2.45, 2.75) is 12.6 Å². The number of carbonyl (C=O) groups is 1. The third-order valence-electron chi connectivity index (χ3n) is 4.43. The first-order valence-electron chi connectivity index (χ1n) is 8.23. The molecule has 0 spiro atoms. The zero-order chi connectivity index (χ0) is 17.6. The van der Waals surface area contributed by atoms with Crippen LogP contribution >= 0.6 is 0 Å². The fourth-order valence-electron chi connectivity index (χ4n) is 3.14. The van der Waals surface area contributed by atoms with Crippen LogP contribution in [-0.4, -0.2) is 46.6 Å². The van der Waals surface area contributed by atoms with Crippen LogP contribution in [0.5, 0.6) is 0 Å². The predicted octanol–water partition coefficient (Wildman–Crippen LogP) is 1.18. The predicted molar refractivity (Wildman–Crippen MR) is 92.5 cm³/mol. The van der Waals surface area contributed by atoms with Gasteiger partial charge in [-0.2, -0.15) is 5.26 Å². The molecule has 6 nitrogen and oxygen atoms in total. The lowest BCUT2D eigenvalue weighted by Crippen LogP contribution is -2.41. The topological polar surface area (TPSA) is 89.3 Å². The summed E-state index contributed by atoms with van der Waals surface area (Å²) in [7, 11) is 0. The van der Waals surface area contributed by atoms with Gasteiger partial charge in [-0.1, -0.05) is 12.1 Å². The van der Waals surface area contributed by atoms with Crippen LogP contribution in [0.15, 0.2) is 48.7 Å². The zero-order valence-electron chi connectivity index (χ0n) is 13.8. The third-order valence-corrected chi connectivity index (χ3v) is 4.43. The number of nitrogens with one attached hydrogen (secondary N) is 1. The molecule has 128 valence electrons. The monoisotopic (exact) mass is 336 g/mol. The molecule has 3 rings (SSSR count). The molecule has 1 aromatic carbocycles. The number of likely N-dealkylation sites (tertiary alicyclic amines) is 1. The third kappa shape index (κ3) is 4.21. The number of nitriles is 1. The molecule has 2 N–H and O–H groups in total. The van der Waals surface area contributed by atoms with E-state index in [1.165, 1.54) is 0 Å². The Morgan fingerprint density at radius 2 is 2.20 bits per heavy atom. The smallest absolute Gasteiger partial charge is 0.251 e. The van der Waals surface area contributed by atoms with Crippen molar-refractivity contribution in [1.82, 2.24) is 15.2 Å². The first-order chi connectivity index (χ1) is 12.2. The number of hydrogen-bond donors (Lipinski definition) is 2. The van der Waals surface area contributed by atoms with Gasteiger partial charge < -0.3 is 10.4 Å². The number of aliphatic hydroxyl groups excluding tert-OH is 1. The molecule has 2 atom stereocenters. The van der Waals surface area contributed by atoms with Crippen LogP contribution in [0.1, 0.15) is 21.6 Å². The van der Waals surface area contributed by atoms with E-state index in [-0.39, 0.29) is 24.5 Å². The van der Waals surface area contributed by atoms with Crippen molar-refractivity contribution in [3.8, 4) is 6.07 Å². The number of amides is 1. The quantitative estimate of drug-likeness (QED) is 0.856. The lowest BCUT2D eigenvalue weighted by atomic mass is 10.0. The average Bonchev–Trinajstić information content (AvgIpc) is 3.03. The highest BCUT2D eigenvalue weighted by atomic mass is 16.3. The minimum Gasteiger partial charge on any atom is -0.396 e. The number of nitrogens with zero attached hydrogens (tertiary/aromatic N) is 3. The number of hydrogen-bond acceptors (Lipinski definition) is 5. The largest absolute Gasteiger partial charge is 0.396 e. The molecule has 1 aliphatic rings. The lowest BCUT2D eigenvalue weighted by molar-refractivity contribution is 0.0921. The molecule has 25 heavy (non-hydrogen) atoms. The van der Waals surface area contributed by atoms with Crippen LogP contribution < -0.4 is 5.32 Å². The van der Waals surface area contributed by atoms with Crippen LogP contribution in [0.25, 0.3) is 0 Å². The Morgan fingerprint density at radius 3 is 2.92 bits per heavy atom. The van der Waals surface area contributed by atoms with Gasteiger partial charge in [0.25, 0.3) is 5.91 Å². The molecule has 0 unspecified atom stereocenters. The second-order valence-corrected chi connectivity index (χ2v) is 6.23. The summed E-state index contributed by atoms with van der Waals surface area (Å²) in [6.45, 7) is 2.07. The first-order valence-corrected chi connectivity index (χ1v) is 8.23. The van der Waals surface area contributed by atoms with Gasteiger partial charge in [-0.25, -0.2) is 0 Å². The minimum atomic E-state index is -0.222. The summed E-state index contributed by atoms with van der Waals surface area (Å²) in [6.07, 6.45) is 1.76. The first kappa shape index (κ1) is 17.1. The van der Waals surface area contributed by atoms with Crippen molar-refractivity contribution in [3.63, 3.8) is 0 Å². The van der Waals surface area contributed by atoms with Gasteiger partial charge in [0.1, 0.15) is 0 Å². The zero-order valence-corrected chi connectivity index (χ0v) is 13.8. The number of benzene rings is 1. The lowest BCUT2D eigenvalue weighted by Gasteiger charge is -2.18. The Morgan fingerprint density at radius 1 is 1.32 bits per heavy atom. The molecule has 0 bridgehead atoms. The van der Waals surface area contributed by atoms with Crippen molar-refractivity contribution in [2.24, 2.45) is 5.92 Å². The van der Waals surface area contributed by atoms with Crippen molar-refractivity contribution >= 4 is 5.91 Å². The van der Waals surface area contributed by atoms with E-state index < -0.39 is 0 Å². The van der Waals surface area contributed by atoms with Crippen molar-refractivity contribution in [1.29, 1.82) is 5.26 Å². The van der Waals surface area contributed by atoms with Gasteiger partial charge in [0, 0.05) is 50.0 Å². The molecule has 1 amide bonds. The van der Waals surface area contributed by atoms with Crippen molar-refractivity contribution < 1.29 is 9.90 Å². The molecule has 1 fully saturated rings. The summed E-state index contributed by atoms with van der Waals surface area (Å²) < 4.78 is 0. The average molecular weight is 336 g/mol. The summed E-state index contributed by atoms with van der Waals surface area (Å²) in [5.74, 6) is -0.243.